The fourth-order valence-corrected chi connectivity index (χ4v) is 3.35. The van der Waals surface area contributed by atoms with Crippen LogP contribution in [0.25, 0.3) is 11.1 Å². The van der Waals surface area contributed by atoms with Crippen molar-refractivity contribution in [1.29, 1.82) is 0 Å². The molecule has 3 N–H and O–H groups in total. The summed E-state index contributed by atoms with van der Waals surface area (Å²) >= 11 is 0. The monoisotopic (exact) mass is 357 g/mol. The molecule has 1 aliphatic carbocycles. The predicted octanol–water partition coefficient (Wildman–Crippen LogP) is 3.27. The van der Waals surface area contributed by atoms with Crippen molar-refractivity contribution in [3.63, 3.8) is 0 Å². The molecule has 1 aromatic heterocycles. The third-order valence-electron chi connectivity index (χ3n) is 4.91. The van der Waals surface area contributed by atoms with Crippen LogP contribution in [0.5, 0.6) is 0 Å². The summed E-state index contributed by atoms with van der Waals surface area (Å²) in [6, 6.07) is 20.0. The zero-order valence-corrected chi connectivity index (χ0v) is 14.7. The normalized spacial score (nSPS) is 14.4. The van der Waals surface area contributed by atoms with Crippen molar-refractivity contribution in [2.24, 2.45) is 5.73 Å². The summed E-state index contributed by atoms with van der Waals surface area (Å²) in [5.74, 6) is -0.707. The van der Waals surface area contributed by atoms with Gasteiger partial charge in [-0.3, -0.25) is 14.6 Å². The van der Waals surface area contributed by atoms with Gasteiger partial charge in [-0.05, 0) is 48.2 Å². The van der Waals surface area contributed by atoms with E-state index < -0.39 is 11.4 Å². The number of nitrogens with one attached hydrogen (secondary N) is 1. The second-order valence-electron chi connectivity index (χ2n) is 6.71. The minimum Gasteiger partial charge on any atom is -0.366 e. The van der Waals surface area contributed by atoms with Crippen molar-refractivity contribution >= 4 is 11.8 Å². The van der Waals surface area contributed by atoms with Crippen LogP contribution in [0.4, 0.5) is 0 Å². The van der Waals surface area contributed by atoms with E-state index >= 15 is 0 Å². The molecule has 3 aromatic rings. The topological polar surface area (TPSA) is 85.1 Å². The summed E-state index contributed by atoms with van der Waals surface area (Å²) in [7, 11) is 0. The molecule has 2 amide bonds. The number of carbonyl (C=O) groups excluding carboxylic acids is 2. The Morgan fingerprint density at radius 1 is 0.852 bits per heavy atom. The number of aromatic nitrogens is 1. The Balaban J connectivity index is 1.70. The molecule has 5 heteroatoms. The molecule has 4 rings (SSSR count). The standard InChI is InChI=1S/C22H19N3O2/c23-20(26)17-9-3-1-7-15(17)16-8-2-4-10-18(16)21(27)25-22(12-13-22)19-11-5-6-14-24-19/h1-11,14H,12-13H2,(H2,23,26)(H,25,27). The van der Waals surface area contributed by atoms with Crippen molar-refractivity contribution in [3.8, 4) is 11.1 Å². The molecule has 134 valence electrons. The molecule has 0 atom stereocenters. The Bertz CT molecular complexity index is 1010. The van der Waals surface area contributed by atoms with Crippen molar-refractivity contribution in [1.82, 2.24) is 10.3 Å². The van der Waals surface area contributed by atoms with Gasteiger partial charge in [0.25, 0.3) is 5.91 Å². The van der Waals surface area contributed by atoms with Crippen molar-refractivity contribution in [3.05, 3.63) is 89.7 Å². The first-order chi connectivity index (χ1) is 13.1. The van der Waals surface area contributed by atoms with Gasteiger partial charge in [0.1, 0.15) is 0 Å². The molecule has 1 heterocycles. The fourth-order valence-electron chi connectivity index (χ4n) is 3.35. The lowest BCUT2D eigenvalue weighted by molar-refractivity contribution is 0.0929. The zero-order valence-electron chi connectivity index (χ0n) is 14.7. The summed E-state index contributed by atoms with van der Waals surface area (Å²) in [6.45, 7) is 0. The maximum absolute atomic E-state index is 13.1. The van der Waals surface area contributed by atoms with Crippen LogP contribution in [-0.4, -0.2) is 16.8 Å². The fraction of sp³-hybridized carbons (Fsp3) is 0.136. The molecule has 2 aromatic carbocycles. The molecule has 1 fully saturated rings. The molecule has 1 saturated carbocycles. The Labute approximate surface area is 157 Å². The summed E-state index contributed by atoms with van der Waals surface area (Å²) in [4.78, 5) is 29.3. The third-order valence-corrected chi connectivity index (χ3v) is 4.91. The highest BCUT2D eigenvalue weighted by Gasteiger charge is 2.47. The average molecular weight is 357 g/mol. The van der Waals surface area contributed by atoms with E-state index in [1.165, 1.54) is 0 Å². The predicted molar refractivity (Wildman–Crippen MR) is 103 cm³/mol. The SMILES string of the molecule is NC(=O)c1ccccc1-c1ccccc1C(=O)NC1(c2ccccn2)CC1. The third kappa shape index (κ3) is 3.19. The van der Waals surface area contributed by atoms with E-state index in [9.17, 15) is 9.59 Å². The van der Waals surface area contributed by atoms with Gasteiger partial charge in [-0.25, -0.2) is 0 Å². The Morgan fingerprint density at radius 3 is 2.04 bits per heavy atom. The van der Waals surface area contributed by atoms with Gasteiger partial charge in [0, 0.05) is 17.3 Å². The number of rotatable bonds is 5. The van der Waals surface area contributed by atoms with Gasteiger partial charge in [-0.1, -0.05) is 42.5 Å². The highest BCUT2D eigenvalue weighted by Crippen LogP contribution is 2.44. The summed E-state index contributed by atoms with van der Waals surface area (Å²) in [6.07, 6.45) is 3.45. The Kier molecular flexibility index (Phi) is 4.20. The Hall–Kier alpha value is -3.47. The van der Waals surface area contributed by atoms with Crippen LogP contribution < -0.4 is 11.1 Å². The van der Waals surface area contributed by atoms with Crippen LogP contribution in [0, 0.1) is 0 Å². The average Bonchev–Trinajstić information content (AvgIpc) is 3.49. The number of nitrogens with two attached hydrogens (primary N) is 1. The van der Waals surface area contributed by atoms with Gasteiger partial charge >= 0.3 is 0 Å². The molecule has 0 bridgehead atoms. The summed E-state index contributed by atoms with van der Waals surface area (Å²) < 4.78 is 0. The van der Waals surface area contributed by atoms with Crippen molar-refractivity contribution in [2.75, 3.05) is 0 Å². The first-order valence-electron chi connectivity index (χ1n) is 8.83. The Morgan fingerprint density at radius 2 is 1.44 bits per heavy atom. The van der Waals surface area contributed by atoms with Gasteiger partial charge in [0.15, 0.2) is 0 Å². The molecule has 1 aliphatic rings. The minimum absolute atomic E-state index is 0.187. The highest BCUT2D eigenvalue weighted by molar-refractivity contribution is 6.06. The second kappa shape index (κ2) is 6.68. The lowest BCUT2D eigenvalue weighted by atomic mass is 9.94. The molecule has 5 nitrogen and oxygen atoms in total. The number of carbonyl (C=O) groups is 2. The summed E-state index contributed by atoms with van der Waals surface area (Å²) in [5.41, 5.74) is 8.21. The van der Waals surface area contributed by atoms with Crippen molar-refractivity contribution in [2.45, 2.75) is 18.4 Å². The second-order valence-corrected chi connectivity index (χ2v) is 6.71. The van der Waals surface area contributed by atoms with Crippen LogP contribution >= 0.6 is 0 Å². The van der Waals surface area contributed by atoms with Crippen LogP contribution in [0.15, 0.2) is 72.9 Å². The van der Waals surface area contributed by atoms with Crippen LogP contribution in [0.1, 0.15) is 39.3 Å². The van der Waals surface area contributed by atoms with Gasteiger partial charge in [-0.15, -0.1) is 0 Å². The molecule has 0 spiro atoms. The first-order valence-corrected chi connectivity index (χ1v) is 8.83. The van der Waals surface area contributed by atoms with Crippen LogP contribution in [0.3, 0.4) is 0 Å². The lowest BCUT2D eigenvalue weighted by Gasteiger charge is -2.19. The first kappa shape index (κ1) is 17.0. The van der Waals surface area contributed by atoms with Gasteiger partial charge in [0.2, 0.25) is 5.91 Å². The molecular weight excluding hydrogens is 338 g/mol. The molecule has 0 radical (unpaired) electrons. The number of hydrogen-bond acceptors (Lipinski definition) is 3. The quantitative estimate of drug-likeness (QED) is 0.735. The highest BCUT2D eigenvalue weighted by atomic mass is 16.2. The van der Waals surface area contributed by atoms with E-state index in [-0.39, 0.29) is 5.91 Å². The number of nitrogens with zero attached hydrogens (tertiary/aromatic N) is 1. The number of primary amides is 1. The van der Waals surface area contributed by atoms with Gasteiger partial charge in [0.05, 0.1) is 11.2 Å². The number of hydrogen-bond donors (Lipinski definition) is 2. The number of amides is 2. The number of benzene rings is 2. The van der Waals surface area contributed by atoms with Crippen LogP contribution in [-0.2, 0) is 5.54 Å². The van der Waals surface area contributed by atoms with E-state index in [0.717, 1.165) is 18.5 Å². The van der Waals surface area contributed by atoms with Crippen LogP contribution in [0.2, 0.25) is 0 Å². The van der Waals surface area contributed by atoms with E-state index in [1.807, 2.05) is 42.5 Å². The maximum Gasteiger partial charge on any atom is 0.252 e. The summed E-state index contributed by atoms with van der Waals surface area (Å²) in [5, 5.41) is 3.14. The smallest absolute Gasteiger partial charge is 0.252 e. The molecule has 27 heavy (non-hydrogen) atoms. The van der Waals surface area contributed by atoms with E-state index in [2.05, 4.69) is 10.3 Å². The number of pyridine rings is 1. The van der Waals surface area contributed by atoms with E-state index in [1.54, 1.807) is 30.5 Å². The molecule has 0 unspecified atom stereocenters. The van der Waals surface area contributed by atoms with Gasteiger partial charge < -0.3 is 11.1 Å². The van der Waals surface area contributed by atoms with E-state index in [4.69, 9.17) is 5.73 Å². The largest absolute Gasteiger partial charge is 0.366 e. The molecule has 0 saturated heterocycles. The maximum atomic E-state index is 13.1. The molecular formula is C22H19N3O2. The zero-order chi connectivity index (χ0) is 18.9. The minimum atomic E-state index is -0.520. The van der Waals surface area contributed by atoms with Crippen molar-refractivity contribution < 1.29 is 9.59 Å². The van der Waals surface area contributed by atoms with Gasteiger partial charge in [-0.2, -0.15) is 0 Å². The lowest BCUT2D eigenvalue weighted by Crippen LogP contribution is -2.35. The van der Waals surface area contributed by atoms with E-state index in [0.29, 0.717) is 22.3 Å². The molecule has 0 aliphatic heterocycles.